The van der Waals surface area contributed by atoms with Crippen LogP contribution in [0.5, 0.6) is 0 Å². The molecule has 0 bridgehead atoms. The average Bonchev–Trinajstić information content (AvgIpc) is 2.29. The first kappa shape index (κ1) is 14.9. The van der Waals surface area contributed by atoms with E-state index in [2.05, 4.69) is 48.4 Å². The van der Waals surface area contributed by atoms with Gasteiger partial charge in [0.25, 0.3) is 0 Å². The van der Waals surface area contributed by atoms with Crippen molar-refractivity contribution in [3.63, 3.8) is 0 Å². The summed E-state index contributed by atoms with van der Waals surface area (Å²) in [5, 5.41) is 6.94. The highest BCUT2D eigenvalue weighted by atomic mass is 15.2. The van der Waals surface area contributed by atoms with E-state index in [0.717, 1.165) is 32.7 Å². The van der Waals surface area contributed by atoms with Crippen LogP contribution >= 0.6 is 0 Å². The molecular weight excluding hydrogens is 212 g/mol. The number of rotatable bonds is 7. The predicted octanol–water partition coefficient (Wildman–Crippen LogP) is 0.212. The molecule has 0 spiro atoms. The van der Waals surface area contributed by atoms with Crippen LogP contribution in [0.25, 0.3) is 0 Å². The lowest BCUT2D eigenvalue weighted by Gasteiger charge is -2.41. The Labute approximate surface area is 107 Å². The molecule has 0 saturated carbocycles. The number of likely N-dealkylation sites (N-methyl/N-ethyl adjacent to an activating group) is 1. The minimum Gasteiger partial charge on any atom is -0.315 e. The first-order valence-corrected chi connectivity index (χ1v) is 6.83. The van der Waals surface area contributed by atoms with Crippen LogP contribution in [0.3, 0.4) is 0 Å². The van der Waals surface area contributed by atoms with Crippen molar-refractivity contribution in [1.82, 2.24) is 20.4 Å². The molecule has 0 unspecified atom stereocenters. The Hall–Kier alpha value is -0.160. The third kappa shape index (κ3) is 5.82. The molecule has 1 rings (SSSR count). The maximum Gasteiger partial charge on any atom is 0.0166 e. The van der Waals surface area contributed by atoms with Crippen molar-refractivity contribution in [2.75, 3.05) is 59.9 Å². The largest absolute Gasteiger partial charge is 0.315 e. The van der Waals surface area contributed by atoms with Crippen molar-refractivity contribution in [3.05, 3.63) is 0 Å². The van der Waals surface area contributed by atoms with E-state index in [1.54, 1.807) is 0 Å². The van der Waals surface area contributed by atoms with Crippen LogP contribution in [-0.2, 0) is 0 Å². The van der Waals surface area contributed by atoms with E-state index in [-0.39, 0.29) is 0 Å². The first-order chi connectivity index (χ1) is 8.02. The normalized spacial score (nSPS) is 18.9. The summed E-state index contributed by atoms with van der Waals surface area (Å²) in [4.78, 5) is 4.82. The maximum absolute atomic E-state index is 3.53. The van der Waals surface area contributed by atoms with Crippen molar-refractivity contribution in [2.24, 2.45) is 0 Å². The summed E-state index contributed by atoms with van der Waals surface area (Å²) in [6.07, 6.45) is 1.22. The van der Waals surface area contributed by atoms with Gasteiger partial charge in [0.05, 0.1) is 0 Å². The molecule has 0 radical (unpaired) electrons. The van der Waals surface area contributed by atoms with Crippen LogP contribution < -0.4 is 10.6 Å². The summed E-state index contributed by atoms with van der Waals surface area (Å²) >= 11 is 0. The first-order valence-electron chi connectivity index (χ1n) is 6.83. The van der Waals surface area contributed by atoms with E-state index in [4.69, 9.17) is 0 Å². The Bertz CT molecular complexity index is 198. The molecule has 4 heteroatoms. The van der Waals surface area contributed by atoms with E-state index in [1.807, 2.05) is 0 Å². The quantitative estimate of drug-likeness (QED) is 0.625. The molecule has 2 N–H and O–H groups in total. The molecule has 0 aromatic rings. The van der Waals surface area contributed by atoms with Gasteiger partial charge in [-0.3, -0.25) is 4.90 Å². The molecule has 1 heterocycles. The number of nitrogens with one attached hydrogen (secondary N) is 2. The van der Waals surface area contributed by atoms with Gasteiger partial charge in [-0.25, -0.2) is 0 Å². The second-order valence-electron chi connectivity index (χ2n) is 5.85. The molecule has 0 aromatic heterocycles. The molecule has 0 aliphatic carbocycles. The topological polar surface area (TPSA) is 30.5 Å². The molecule has 4 nitrogen and oxygen atoms in total. The molecule has 0 atom stereocenters. The van der Waals surface area contributed by atoms with Gasteiger partial charge in [0, 0.05) is 44.8 Å². The second-order valence-corrected chi connectivity index (χ2v) is 5.85. The lowest BCUT2D eigenvalue weighted by atomic mass is 9.97. The predicted molar refractivity (Wildman–Crippen MR) is 74.6 cm³/mol. The Morgan fingerprint density at radius 3 is 2.41 bits per heavy atom. The highest BCUT2D eigenvalue weighted by Crippen LogP contribution is 2.18. The lowest BCUT2D eigenvalue weighted by molar-refractivity contribution is 0.0955. The van der Waals surface area contributed by atoms with Gasteiger partial charge in [0.1, 0.15) is 0 Å². The molecule has 1 fully saturated rings. The fourth-order valence-electron chi connectivity index (χ4n) is 2.25. The van der Waals surface area contributed by atoms with Gasteiger partial charge in [-0.1, -0.05) is 0 Å². The van der Waals surface area contributed by atoms with E-state index in [1.165, 1.54) is 19.5 Å². The second kappa shape index (κ2) is 7.31. The van der Waals surface area contributed by atoms with Crippen molar-refractivity contribution >= 4 is 0 Å². The summed E-state index contributed by atoms with van der Waals surface area (Å²) in [6.45, 7) is 12.7. The molecule has 0 aromatic carbocycles. The fourth-order valence-corrected chi connectivity index (χ4v) is 2.25. The van der Waals surface area contributed by atoms with Crippen molar-refractivity contribution in [1.29, 1.82) is 0 Å². The van der Waals surface area contributed by atoms with Gasteiger partial charge < -0.3 is 15.5 Å². The van der Waals surface area contributed by atoms with Gasteiger partial charge in [0.2, 0.25) is 0 Å². The standard InChI is InChI=1S/C13H30N4/c1-13(2,17-11-8-15-9-12-17)5-6-14-7-10-16(3)4/h14-15H,5-12H2,1-4H3. The lowest BCUT2D eigenvalue weighted by Crippen LogP contribution is -2.54. The summed E-state index contributed by atoms with van der Waals surface area (Å²) in [7, 11) is 4.23. The minimum atomic E-state index is 0.327. The van der Waals surface area contributed by atoms with Crippen LogP contribution in [0, 0.1) is 0 Å². The number of nitrogens with zero attached hydrogens (tertiary/aromatic N) is 2. The smallest absolute Gasteiger partial charge is 0.0166 e. The summed E-state index contributed by atoms with van der Waals surface area (Å²) in [5.41, 5.74) is 0.327. The summed E-state index contributed by atoms with van der Waals surface area (Å²) < 4.78 is 0. The van der Waals surface area contributed by atoms with Gasteiger partial charge in [-0.2, -0.15) is 0 Å². The van der Waals surface area contributed by atoms with E-state index in [0.29, 0.717) is 5.54 Å². The van der Waals surface area contributed by atoms with Crippen LogP contribution in [0.15, 0.2) is 0 Å². The van der Waals surface area contributed by atoms with Gasteiger partial charge >= 0.3 is 0 Å². The molecular formula is C13H30N4. The Kier molecular flexibility index (Phi) is 6.41. The monoisotopic (exact) mass is 242 g/mol. The maximum atomic E-state index is 3.53. The Morgan fingerprint density at radius 1 is 1.18 bits per heavy atom. The fraction of sp³-hybridized carbons (Fsp3) is 1.00. The van der Waals surface area contributed by atoms with Crippen molar-refractivity contribution in [2.45, 2.75) is 25.8 Å². The molecule has 17 heavy (non-hydrogen) atoms. The molecule has 1 aliphatic rings. The SMILES string of the molecule is CN(C)CCNCCC(C)(C)N1CCNCC1. The van der Waals surface area contributed by atoms with Gasteiger partial charge in [-0.05, 0) is 40.9 Å². The number of hydrogen-bond acceptors (Lipinski definition) is 4. The van der Waals surface area contributed by atoms with Crippen LogP contribution in [0.4, 0.5) is 0 Å². The van der Waals surface area contributed by atoms with Crippen LogP contribution in [0.2, 0.25) is 0 Å². The molecule has 102 valence electrons. The van der Waals surface area contributed by atoms with Gasteiger partial charge in [0.15, 0.2) is 0 Å². The molecule has 0 amide bonds. The zero-order chi connectivity index (χ0) is 12.7. The molecule has 1 aliphatic heterocycles. The minimum absolute atomic E-state index is 0.327. The van der Waals surface area contributed by atoms with E-state index < -0.39 is 0 Å². The average molecular weight is 242 g/mol. The Morgan fingerprint density at radius 2 is 1.82 bits per heavy atom. The number of hydrogen-bond donors (Lipinski definition) is 2. The van der Waals surface area contributed by atoms with Gasteiger partial charge in [-0.15, -0.1) is 0 Å². The van der Waals surface area contributed by atoms with Crippen LogP contribution in [0.1, 0.15) is 20.3 Å². The third-order valence-corrected chi connectivity index (χ3v) is 3.62. The molecule has 1 saturated heterocycles. The summed E-state index contributed by atoms with van der Waals surface area (Å²) in [5.74, 6) is 0. The number of piperazine rings is 1. The zero-order valence-electron chi connectivity index (χ0n) is 12.1. The van der Waals surface area contributed by atoms with Crippen molar-refractivity contribution < 1.29 is 0 Å². The highest BCUT2D eigenvalue weighted by Gasteiger charge is 2.26. The van der Waals surface area contributed by atoms with Crippen molar-refractivity contribution in [3.8, 4) is 0 Å². The van der Waals surface area contributed by atoms with E-state index in [9.17, 15) is 0 Å². The van der Waals surface area contributed by atoms with Crippen LogP contribution in [-0.4, -0.2) is 75.2 Å². The zero-order valence-corrected chi connectivity index (χ0v) is 12.1. The highest BCUT2D eigenvalue weighted by molar-refractivity contribution is 4.85. The Balaban J connectivity index is 2.15. The third-order valence-electron chi connectivity index (χ3n) is 3.62. The summed E-state index contributed by atoms with van der Waals surface area (Å²) in [6, 6.07) is 0. The van der Waals surface area contributed by atoms with E-state index >= 15 is 0 Å².